The molecule has 0 N–H and O–H groups in total. The van der Waals surface area contributed by atoms with Gasteiger partial charge in [0, 0.05) is 43.9 Å². The molecule has 0 saturated heterocycles. The van der Waals surface area contributed by atoms with E-state index >= 15 is 0 Å². The second-order valence-electron chi connectivity index (χ2n) is 12.4. The van der Waals surface area contributed by atoms with Gasteiger partial charge in [0.15, 0.2) is 17.5 Å². The predicted molar refractivity (Wildman–Crippen MR) is 203 cm³/mol. The Labute approximate surface area is 287 Å². The van der Waals surface area contributed by atoms with Crippen LogP contribution in [0.3, 0.4) is 0 Å². The highest BCUT2D eigenvalue weighted by molar-refractivity contribution is 6.12. The van der Waals surface area contributed by atoms with Gasteiger partial charge in [0.05, 0.1) is 11.0 Å². The number of aromatic nitrogens is 4. The average molecular weight is 641 g/mol. The van der Waals surface area contributed by atoms with E-state index in [-0.39, 0.29) is 0 Å². The van der Waals surface area contributed by atoms with Gasteiger partial charge in [0.2, 0.25) is 0 Å². The highest BCUT2D eigenvalue weighted by Gasteiger charge is 2.20. The molecule has 7 aromatic carbocycles. The van der Waals surface area contributed by atoms with Gasteiger partial charge in [-0.1, -0.05) is 133 Å². The Bertz CT molecular complexity index is 2830. The van der Waals surface area contributed by atoms with Crippen LogP contribution in [0.2, 0.25) is 0 Å². The van der Waals surface area contributed by atoms with E-state index in [1.165, 1.54) is 21.8 Å². The summed E-state index contributed by atoms with van der Waals surface area (Å²) >= 11 is 0. The Kier molecular flexibility index (Phi) is 6.42. The van der Waals surface area contributed by atoms with Gasteiger partial charge in [-0.05, 0) is 47.5 Å². The molecular formula is C45H28N4O. The van der Waals surface area contributed by atoms with Crippen molar-refractivity contribution in [2.75, 3.05) is 0 Å². The van der Waals surface area contributed by atoms with Crippen molar-refractivity contribution < 1.29 is 4.42 Å². The molecule has 0 fully saturated rings. The molecule has 0 unspecified atom stereocenters. The molecule has 0 saturated carbocycles. The third kappa shape index (κ3) is 4.52. The van der Waals surface area contributed by atoms with Crippen molar-refractivity contribution in [1.29, 1.82) is 0 Å². The molecule has 5 heteroatoms. The molecule has 5 nitrogen and oxygen atoms in total. The number of benzene rings is 7. The molecule has 0 atom stereocenters. The van der Waals surface area contributed by atoms with E-state index in [0.29, 0.717) is 17.5 Å². The summed E-state index contributed by atoms with van der Waals surface area (Å²) in [7, 11) is 0. The molecule has 50 heavy (non-hydrogen) atoms. The highest BCUT2D eigenvalue weighted by Crippen LogP contribution is 2.39. The standard InChI is InChI=1S/C45H28N4O/c1-2-14-29(15-3-1)43-46-44(48-45(47-43)37-23-13-27-41-42(37)36-22-8-11-26-40(36)50-41)35-21-5-4-18-32(35)30-16-12-17-31(28-30)49-38-24-9-6-19-33(38)34-20-7-10-25-39(34)49/h1-28H. The van der Waals surface area contributed by atoms with Crippen LogP contribution in [-0.2, 0) is 0 Å². The SMILES string of the molecule is c1ccc(-c2nc(-c3ccccc3-c3cccc(-n4c5ccccc5c5ccccc54)c3)nc(-c3cccc4oc5ccccc5c34)n2)cc1. The molecule has 10 aromatic rings. The molecule has 0 aliphatic heterocycles. The maximum Gasteiger partial charge on any atom is 0.164 e. The van der Waals surface area contributed by atoms with Crippen LogP contribution in [-0.4, -0.2) is 19.5 Å². The fourth-order valence-electron chi connectivity index (χ4n) is 7.24. The average Bonchev–Trinajstić information content (AvgIpc) is 3.74. The fraction of sp³-hybridized carbons (Fsp3) is 0. The van der Waals surface area contributed by atoms with E-state index in [1.54, 1.807) is 0 Å². The number of nitrogens with zero attached hydrogens (tertiary/aromatic N) is 4. The maximum atomic E-state index is 6.24. The van der Waals surface area contributed by atoms with Crippen molar-refractivity contribution in [3.63, 3.8) is 0 Å². The lowest BCUT2D eigenvalue weighted by Gasteiger charge is -2.14. The van der Waals surface area contributed by atoms with Crippen molar-refractivity contribution in [3.05, 3.63) is 170 Å². The molecule has 0 radical (unpaired) electrons. The summed E-state index contributed by atoms with van der Waals surface area (Å²) in [5.41, 5.74) is 9.95. The zero-order valence-electron chi connectivity index (χ0n) is 26.9. The van der Waals surface area contributed by atoms with Gasteiger partial charge in [-0.2, -0.15) is 0 Å². The molecule has 3 aromatic heterocycles. The largest absolute Gasteiger partial charge is 0.456 e. The Balaban J connectivity index is 1.18. The van der Waals surface area contributed by atoms with Crippen molar-refractivity contribution in [3.8, 4) is 51.0 Å². The molecule has 0 aliphatic carbocycles. The number of para-hydroxylation sites is 3. The number of hydrogen-bond donors (Lipinski definition) is 0. The minimum absolute atomic E-state index is 0.597. The third-order valence-electron chi connectivity index (χ3n) is 9.47. The normalized spacial score (nSPS) is 11.6. The van der Waals surface area contributed by atoms with Crippen molar-refractivity contribution >= 4 is 43.7 Å². The van der Waals surface area contributed by atoms with Crippen molar-refractivity contribution in [1.82, 2.24) is 19.5 Å². The van der Waals surface area contributed by atoms with E-state index in [9.17, 15) is 0 Å². The van der Waals surface area contributed by atoms with Crippen LogP contribution in [0.25, 0.3) is 94.7 Å². The first-order valence-electron chi connectivity index (χ1n) is 16.7. The van der Waals surface area contributed by atoms with Crippen LogP contribution in [0.15, 0.2) is 174 Å². The van der Waals surface area contributed by atoms with Crippen molar-refractivity contribution in [2.45, 2.75) is 0 Å². The second-order valence-corrected chi connectivity index (χ2v) is 12.4. The Morgan fingerprint density at radius 1 is 0.380 bits per heavy atom. The van der Waals surface area contributed by atoms with Gasteiger partial charge in [0.25, 0.3) is 0 Å². The van der Waals surface area contributed by atoms with Gasteiger partial charge < -0.3 is 8.98 Å². The van der Waals surface area contributed by atoms with E-state index in [0.717, 1.165) is 55.4 Å². The first kappa shape index (κ1) is 28.2. The predicted octanol–water partition coefficient (Wildman–Crippen LogP) is 11.5. The summed E-state index contributed by atoms with van der Waals surface area (Å²) in [4.78, 5) is 15.4. The molecule has 0 aliphatic rings. The van der Waals surface area contributed by atoms with E-state index in [2.05, 4.69) is 108 Å². The van der Waals surface area contributed by atoms with E-state index < -0.39 is 0 Å². The monoisotopic (exact) mass is 640 g/mol. The smallest absolute Gasteiger partial charge is 0.164 e. The van der Waals surface area contributed by atoms with Gasteiger partial charge in [-0.25, -0.2) is 15.0 Å². The number of furan rings is 1. The van der Waals surface area contributed by atoms with Crippen molar-refractivity contribution in [2.24, 2.45) is 0 Å². The summed E-state index contributed by atoms with van der Waals surface area (Å²) < 4.78 is 8.59. The maximum absolute atomic E-state index is 6.24. The topological polar surface area (TPSA) is 56.7 Å². The third-order valence-corrected chi connectivity index (χ3v) is 9.47. The molecular weight excluding hydrogens is 613 g/mol. The fourth-order valence-corrected chi connectivity index (χ4v) is 7.24. The van der Waals surface area contributed by atoms with Gasteiger partial charge in [0.1, 0.15) is 11.2 Å². The molecule has 0 spiro atoms. The molecule has 3 heterocycles. The van der Waals surface area contributed by atoms with Crippen LogP contribution in [0.5, 0.6) is 0 Å². The number of rotatable bonds is 5. The summed E-state index contributed by atoms with van der Waals surface area (Å²) in [5.74, 6) is 1.82. The minimum atomic E-state index is 0.597. The van der Waals surface area contributed by atoms with Crippen LogP contribution in [0.4, 0.5) is 0 Å². The van der Waals surface area contributed by atoms with Crippen LogP contribution >= 0.6 is 0 Å². The lowest BCUT2D eigenvalue weighted by molar-refractivity contribution is 0.669. The lowest BCUT2D eigenvalue weighted by atomic mass is 9.98. The second kappa shape index (κ2) is 11.4. The zero-order valence-corrected chi connectivity index (χ0v) is 26.9. The van der Waals surface area contributed by atoms with Crippen LogP contribution in [0.1, 0.15) is 0 Å². The molecule has 10 rings (SSSR count). The van der Waals surface area contributed by atoms with Gasteiger partial charge in [-0.15, -0.1) is 0 Å². The Hall–Kier alpha value is -6.85. The molecule has 0 amide bonds. The summed E-state index contributed by atoms with van der Waals surface area (Å²) in [6.07, 6.45) is 0. The summed E-state index contributed by atoms with van der Waals surface area (Å²) in [6, 6.07) is 58.6. The lowest BCUT2D eigenvalue weighted by Crippen LogP contribution is -2.01. The quantitative estimate of drug-likeness (QED) is 0.188. The first-order valence-corrected chi connectivity index (χ1v) is 16.7. The first-order chi connectivity index (χ1) is 24.8. The molecule has 0 bridgehead atoms. The van der Waals surface area contributed by atoms with E-state index in [4.69, 9.17) is 19.4 Å². The van der Waals surface area contributed by atoms with Crippen LogP contribution in [0, 0.1) is 0 Å². The minimum Gasteiger partial charge on any atom is -0.456 e. The number of hydrogen-bond acceptors (Lipinski definition) is 4. The summed E-state index contributed by atoms with van der Waals surface area (Å²) in [5, 5.41) is 4.50. The zero-order chi connectivity index (χ0) is 33.0. The highest BCUT2D eigenvalue weighted by atomic mass is 16.3. The Morgan fingerprint density at radius 3 is 1.70 bits per heavy atom. The van der Waals surface area contributed by atoms with E-state index in [1.807, 2.05) is 66.7 Å². The molecule has 234 valence electrons. The van der Waals surface area contributed by atoms with Gasteiger partial charge >= 0.3 is 0 Å². The summed E-state index contributed by atoms with van der Waals surface area (Å²) in [6.45, 7) is 0. The van der Waals surface area contributed by atoms with Crippen LogP contribution < -0.4 is 0 Å². The Morgan fingerprint density at radius 2 is 0.920 bits per heavy atom. The number of fused-ring (bicyclic) bond motifs is 6. The van der Waals surface area contributed by atoms with Gasteiger partial charge in [-0.3, -0.25) is 0 Å².